The third-order valence-electron chi connectivity index (χ3n) is 2.83. The van der Waals surface area contributed by atoms with Crippen LogP contribution in [0.2, 0.25) is 0 Å². The molecule has 0 unspecified atom stereocenters. The third kappa shape index (κ3) is 2.93. The predicted molar refractivity (Wildman–Crippen MR) is 82.7 cm³/mol. The Morgan fingerprint density at radius 1 is 1.58 bits per heavy atom. The maximum absolute atomic E-state index is 5.75. The van der Waals surface area contributed by atoms with E-state index in [1.54, 1.807) is 16.0 Å². The van der Waals surface area contributed by atoms with E-state index in [1.165, 1.54) is 4.88 Å². The maximum Gasteiger partial charge on any atom is 0.134 e. The second-order valence-corrected chi connectivity index (χ2v) is 5.86. The molecule has 19 heavy (non-hydrogen) atoms. The number of thiazole rings is 1. The fourth-order valence-corrected chi connectivity index (χ4v) is 2.96. The summed E-state index contributed by atoms with van der Waals surface area (Å²) in [6, 6.07) is 0. The summed E-state index contributed by atoms with van der Waals surface area (Å²) in [6.45, 7) is 4.68. The highest BCUT2D eigenvalue weighted by molar-refractivity contribution is 7.80. The van der Waals surface area contributed by atoms with Crippen LogP contribution >= 0.6 is 23.6 Å². The van der Waals surface area contributed by atoms with Crippen molar-refractivity contribution in [1.29, 1.82) is 0 Å². The zero-order valence-electron chi connectivity index (χ0n) is 11.2. The molecular formula is C12H17N5S2. The van der Waals surface area contributed by atoms with Gasteiger partial charge in [0.05, 0.1) is 17.8 Å². The van der Waals surface area contributed by atoms with Crippen LogP contribution in [0, 0.1) is 6.92 Å². The van der Waals surface area contributed by atoms with E-state index < -0.39 is 0 Å². The third-order valence-corrected chi connectivity index (χ3v) is 4.17. The number of rotatable bonds is 5. The number of nitrogens with zero attached hydrogens (tertiary/aromatic N) is 3. The zero-order chi connectivity index (χ0) is 14.0. The van der Waals surface area contributed by atoms with E-state index >= 15 is 0 Å². The lowest BCUT2D eigenvalue weighted by Gasteiger charge is -2.07. The SMILES string of the molecule is CCc1cnc(CNc2c(C(N)=S)c(C)nn2C)s1. The van der Waals surface area contributed by atoms with E-state index in [2.05, 4.69) is 22.3 Å². The van der Waals surface area contributed by atoms with Gasteiger partial charge in [0, 0.05) is 18.1 Å². The van der Waals surface area contributed by atoms with Gasteiger partial charge in [0.1, 0.15) is 15.8 Å². The minimum Gasteiger partial charge on any atom is -0.389 e. The van der Waals surface area contributed by atoms with Crippen LogP contribution in [0.3, 0.4) is 0 Å². The Bertz CT molecular complexity index is 599. The molecular weight excluding hydrogens is 278 g/mol. The molecule has 0 aromatic carbocycles. The summed E-state index contributed by atoms with van der Waals surface area (Å²) in [5.74, 6) is 0.846. The molecule has 2 rings (SSSR count). The van der Waals surface area contributed by atoms with Crippen molar-refractivity contribution in [1.82, 2.24) is 14.8 Å². The van der Waals surface area contributed by atoms with Crippen LogP contribution in [0.5, 0.6) is 0 Å². The molecule has 5 nitrogen and oxygen atoms in total. The van der Waals surface area contributed by atoms with Gasteiger partial charge in [-0.15, -0.1) is 11.3 Å². The lowest BCUT2D eigenvalue weighted by molar-refractivity contribution is 0.758. The molecule has 0 spiro atoms. The van der Waals surface area contributed by atoms with Gasteiger partial charge in [-0.3, -0.25) is 4.68 Å². The van der Waals surface area contributed by atoms with Crippen molar-refractivity contribution in [2.45, 2.75) is 26.8 Å². The maximum atomic E-state index is 5.75. The summed E-state index contributed by atoms with van der Waals surface area (Å²) in [7, 11) is 1.87. The molecule has 102 valence electrons. The minimum absolute atomic E-state index is 0.362. The molecule has 0 aliphatic carbocycles. The van der Waals surface area contributed by atoms with Crippen molar-refractivity contribution in [2.75, 3.05) is 5.32 Å². The molecule has 0 radical (unpaired) electrons. The highest BCUT2D eigenvalue weighted by Gasteiger charge is 2.15. The Labute approximate surface area is 121 Å². The fourth-order valence-electron chi connectivity index (χ4n) is 1.91. The molecule has 7 heteroatoms. The normalized spacial score (nSPS) is 10.7. The molecule has 2 aromatic rings. The number of anilines is 1. The van der Waals surface area contributed by atoms with E-state index in [1.807, 2.05) is 20.2 Å². The average molecular weight is 295 g/mol. The molecule has 0 aliphatic heterocycles. The van der Waals surface area contributed by atoms with Gasteiger partial charge in [-0.25, -0.2) is 4.98 Å². The summed E-state index contributed by atoms with van der Waals surface area (Å²) in [5, 5.41) is 8.70. The number of hydrogen-bond donors (Lipinski definition) is 2. The Kier molecular flexibility index (Phi) is 4.16. The Balaban J connectivity index is 2.17. The largest absolute Gasteiger partial charge is 0.389 e. The van der Waals surface area contributed by atoms with Crippen LogP contribution in [0.15, 0.2) is 6.20 Å². The molecule has 2 heterocycles. The summed E-state index contributed by atoms with van der Waals surface area (Å²) in [6.07, 6.45) is 2.94. The lowest BCUT2D eigenvalue weighted by Crippen LogP contribution is -2.14. The molecule has 2 aromatic heterocycles. The zero-order valence-corrected chi connectivity index (χ0v) is 12.9. The van der Waals surface area contributed by atoms with Gasteiger partial charge in [0.2, 0.25) is 0 Å². The summed E-state index contributed by atoms with van der Waals surface area (Å²) < 4.78 is 1.76. The smallest absolute Gasteiger partial charge is 0.134 e. The van der Waals surface area contributed by atoms with Crippen LogP contribution < -0.4 is 11.1 Å². The predicted octanol–water partition coefficient (Wildman–Crippen LogP) is 1.99. The number of aryl methyl sites for hydroxylation is 3. The first-order chi connectivity index (χ1) is 9.02. The van der Waals surface area contributed by atoms with E-state index in [-0.39, 0.29) is 0 Å². The fraction of sp³-hybridized carbons (Fsp3) is 0.417. The first-order valence-corrected chi connectivity index (χ1v) is 7.26. The van der Waals surface area contributed by atoms with E-state index in [9.17, 15) is 0 Å². The highest BCUT2D eigenvalue weighted by atomic mass is 32.1. The van der Waals surface area contributed by atoms with E-state index in [0.29, 0.717) is 11.5 Å². The van der Waals surface area contributed by atoms with Gasteiger partial charge in [0.25, 0.3) is 0 Å². The Hall–Kier alpha value is -1.47. The molecule has 0 bridgehead atoms. The molecule has 0 amide bonds. The summed E-state index contributed by atoms with van der Waals surface area (Å²) in [5.41, 5.74) is 7.40. The minimum atomic E-state index is 0.362. The summed E-state index contributed by atoms with van der Waals surface area (Å²) >= 11 is 6.79. The Morgan fingerprint density at radius 3 is 2.89 bits per heavy atom. The van der Waals surface area contributed by atoms with Gasteiger partial charge >= 0.3 is 0 Å². The van der Waals surface area contributed by atoms with Gasteiger partial charge < -0.3 is 11.1 Å². The Morgan fingerprint density at radius 2 is 2.32 bits per heavy atom. The van der Waals surface area contributed by atoms with Crippen molar-refractivity contribution >= 4 is 34.4 Å². The number of hydrogen-bond acceptors (Lipinski definition) is 5. The number of nitrogens with one attached hydrogen (secondary N) is 1. The summed E-state index contributed by atoms with van der Waals surface area (Å²) in [4.78, 5) is 6.02. The van der Waals surface area contributed by atoms with Crippen LogP contribution in [0.25, 0.3) is 0 Å². The topological polar surface area (TPSA) is 68.8 Å². The van der Waals surface area contributed by atoms with Crippen molar-refractivity contribution < 1.29 is 0 Å². The molecule has 0 atom stereocenters. The van der Waals surface area contributed by atoms with Crippen molar-refractivity contribution in [3.63, 3.8) is 0 Å². The van der Waals surface area contributed by atoms with E-state index in [0.717, 1.165) is 28.5 Å². The van der Waals surface area contributed by atoms with Crippen LogP contribution in [0.4, 0.5) is 5.82 Å². The number of nitrogens with two attached hydrogens (primary N) is 1. The molecule has 0 saturated heterocycles. The van der Waals surface area contributed by atoms with Gasteiger partial charge in [-0.1, -0.05) is 19.1 Å². The highest BCUT2D eigenvalue weighted by Crippen LogP contribution is 2.20. The van der Waals surface area contributed by atoms with Crippen LogP contribution in [-0.2, 0) is 20.0 Å². The monoisotopic (exact) mass is 295 g/mol. The quantitative estimate of drug-likeness (QED) is 0.826. The standard InChI is InChI=1S/C12H17N5S2/c1-4-8-5-14-9(19-8)6-15-12-10(11(13)18)7(2)16-17(12)3/h5,15H,4,6H2,1-3H3,(H2,13,18). The van der Waals surface area contributed by atoms with Gasteiger partial charge in [-0.2, -0.15) is 5.10 Å². The van der Waals surface area contributed by atoms with Crippen LogP contribution in [-0.4, -0.2) is 19.8 Å². The van der Waals surface area contributed by atoms with Gasteiger partial charge in [-0.05, 0) is 13.3 Å². The van der Waals surface area contributed by atoms with Crippen LogP contribution in [0.1, 0.15) is 28.1 Å². The lowest BCUT2D eigenvalue weighted by atomic mass is 10.2. The van der Waals surface area contributed by atoms with E-state index in [4.69, 9.17) is 18.0 Å². The average Bonchev–Trinajstić information content (AvgIpc) is 2.90. The molecule has 3 N–H and O–H groups in total. The first kappa shape index (κ1) is 14.0. The van der Waals surface area contributed by atoms with Crippen molar-refractivity contribution in [3.05, 3.63) is 27.3 Å². The molecule has 0 fully saturated rings. The van der Waals surface area contributed by atoms with Gasteiger partial charge in [0.15, 0.2) is 0 Å². The number of thiocarbonyl (C=S) groups is 1. The van der Waals surface area contributed by atoms with Crippen molar-refractivity contribution in [2.24, 2.45) is 12.8 Å². The van der Waals surface area contributed by atoms with Crippen molar-refractivity contribution in [3.8, 4) is 0 Å². The second kappa shape index (κ2) is 5.66. The molecule has 0 saturated carbocycles. The number of aromatic nitrogens is 3. The second-order valence-electron chi connectivity index (χ2n) is 4.22. The molecule has 0 aliphatic rings. The first-order valence-electron chi connectivity index (χ1n) is 6.03.